The molecule has 0 bridgehead atoms. The van der Waals surface area contributed by atoms with Gasteiger partial charge in [-0.2, -0.15) is 0 Å². The first-order valence-corrected chi connectivity index (χ1v) is 42.2. The number of esters is 4. The van der Waals surface area contributed by atoms with Crippen molar-refractivity contribution >= 4 is 39.5 Å². The standard InChI is InChI=1S/C76H148O17P2/c1-9-69(8)55-47-39-30-26-27-33-43-51-59-76(81)93-71(62-86-73(78)56-48-40-31-24-20-17-13-15-19-23-29-37-45-53-67(4)5)64-90-94(82,83)88-60-70(77)61-89-95(84,85)91-65-72(63-87-74(79)57-49-41-35-34-38-46-54-68(6)7)92-75(80)58-50-42-32-25-21-16-12-10-11-14-18-22-28-36-44-52-66(2)3/h66-72,77H,9-65H2,1-8H3,(H,82,83)(H,84,85)/t69?,70?,71-,72-/m1/s1. The van der Waals surface area contributed by atoms with Crippen molar-refractivity contribution in [1.82, 2.24) is 0 Å². The first-order chi connectivity index (χ1) is 45.6. The van der Waals surface area contributed by atoms with E-state index < -0.39 is 97.5 Å². The molecule has 0 saturated heterocycles. The molecule has 4 unspecified atom stereocenters. The van der Waals surface area contributed by atoms with E-state index >= 15 is 0 Å². The maximum atomic E-state index is 13.1. The average Bonchev–Trinajstić information content (AvgIpc) is 1.11. The highest BCUT2D eigenvalue weighted by Gasteiger charge is 2.30. The van der Waals surface area contributed by atoms with Crippen LogP contribution in [0.1, 0.15) is 383 Å². The van der Waals surface area contributed by atoms with Gasteiger partial charge in [-0.1, -0.05) is 331 Å². The third kappa shape index (κ3) is 69.0. The molecule has 564 valence electrons. The zero-order chi connectivity index (χ0) is 70.3. The van der Waals surface area contributed by atoms with Crippen LogP contribution in [0.3, 0.4) is 0 Å². The fourth-order valence-corrected chi connectivity index (χ4v) is 13.1. The molecule has 6 atom stereocenters. The second-order valence-corrected chi connectivity index (χ2v) is 32.0. The van der Waals surface area contributed by atoms with Gasteiger partial charge in [-0.25, -0.2) is 9.13 Å². The van der Waals surface area contributed by atoms with Crippen LogP contribution < -0.4 is 0 Å². The number of aliphatic hydroxyl groups excluding tert-OH is 1. The van der Waals surface area contributed by atoms with Gasteiger partial charge in [0.05, 0.1) is 26.4 Å². The van der Waals surface area contributed by atoms with E-state index in [-0.39, 0.29) is 25.7 Å². The van der Waals surface area contributed by atoms with Crippen LogP contribution in [-0.4, -0.2) is 96.7 Å². The summed E-state index contributed by atoms with van der Waals surface area (Å²) in [6, 6.07) is 0. The fourth-order valence-electron chi connectivity index (χ4n) is 11.5. The zero-order valence-electron chi connectivity index (χ0n) is 62.3. The monoisotopic (exact) mass is 1400 g/mol. The van der Waals surface area contributed by atoms with Crippen LogP contribution in [0.25, 0.3) is 0 Å². The van der Waals surface area contributed by atoms with Gasteiger partial charge in [0.15, 0.2) is 12.2 Å². The molecule has 0 spiro atoms. The normalized spacial score (nSPS) is 14.4. The van der Waals surface area contributed by atoms with E-state index in [4.69, 9.17) is 37.0 Å². The molecular formula is C76H148O17P2. The highest BCUT2D eigenvalue weighted by atomic mass is 31.2. The number of hydrogen-bond donors (Lipinski definition) is 3. The van der Waals surface area contributed by atoms with Crippen LogP contribution in [-0.2, 0) is 65.4 Å². The number of rotatable bonds is 73. The van der Waals surface area contributed by atoms with Gasteiger partial charge < -0.3 is 33.8 Å². The molecule has 0 aromatic rings. The number of hydrogen-bond acceptors (Lipinski definition) is 15. The minimum Gasteiger partial charge on any atom is -0.462 e. The van der Waals surface area contributed by atoms with Gasteiger partial charge in [-0.15, -0.1) is 0 Å². The molecule has 0 saturated carbocycles. The lowest BCUT2D eigenvalue weighted by Gasteiger charge is -2.21. The Bertz CT molecular complexity index is 1870. The van der Waals surface area contributed by atoms with Gasteiger partial charge in [0.1, 0.15) is 19.3 Å². The van der Waals surface area contributed by atoms with Crippen molar-refractivity contribution in [3.63, 3.8) is 0 Å². The van der Waals surface area contributed by atoms with Gasteiger partial charge in [0.25, 0.3) is 0 Å². The van der Waals surface area contributed by atoms with Crippen LogP contribution in [0, 0.1) is 23.7 Å². The molecule has 19 heteroatoms. The van der Waals surface area contributed by atoms with Crippen molar-refractivity contribution in [3.8, 4) is 0 Å². The van der Waals surface area contributed by atoms with E-state index in [0.717, 1.165) is 114 Å². The zero-order valence-corrected chi connectivity index (χ0v) is 64.1. The molecule has 0 aromatic carbocycles. The van der Waals surface area contributed by atoms with Gasteiger partial charge in [-0.05, 0) is 49.4 Å². The van der Waals surface area contributed by atoms with Crippen LogP contribution in [0.5, 0.6) is 0 Å². The second kappa shape index (κ2) is 65.4. The minimum atomic E-state index is -4.96. The predicted molar refractivity (Wildman–Crippen MR) is 386 cm³/mol. The Balaban J connectivity index is 5.21. The van der Waals surface area contributed by atoms with Crippen LogP contribution >= 0.6 is 15.6 Å². The number of ether oxygens (including phenoxy) is 4. The Morgan fingerprint density at radius 1 is 0.295 bits per heavy atom. The maximum Gasteiger partial charge on any atom is 0.472 e. The number of phosphoric acid groups is 2. The van der Waals surface area contributed by atoms with Crippen molar-refractivity contribution in [3.05, 3.63) is 0 Å². The summed E-state index contributed by atoms with van der Waals surface area (Å²) in [4.78, 5) is 72.8. The molecule has 0 aliphatic rings. The summed E-state index contributed by atoms with van der Waals surface area (Å²) < 4.78 is 68.5. The second-order valence-electron chi connectivity index (χ2n) is 29.1. The maximum absolute atomic E-state index is 13.1. The van der Waals surface area contributed by atoms with Crippen LogP contribution in [0.2, 0.25) is 0 Å². The van der Waals surface area contributed by atoms with E-state index in [0.29, 0.717) is 31.6 Å². The largest absolute Gasteiger partial charge is 0.472 e. The lowest BCUT2D eigenvalue weighted by molar-refractivity contribution is -0.161. The van der Waals surface area contributed by atoms with E-state index in [1.165, 1.54) is 180 Å². The summed E-state index contributed by atoms with van der Waals surface area (Å²) in [6.07, 6.45) is 50.1. The third-order valence-corrected chi connectivity index (χ3v) is 19.8. The van der Waals surface area contributed by atoms with Crippen LogP contribution in [0.4, 0.5) is 0 Å². The van der Waals surface area contributed by atoms with E-state index in [1.807, 2.05) is 0 Å². The van der Waals surface area contributed by atoms with E-state index in [9.17, 15) is 43.2 Å². The summed E-state index contributed by atoms with van der Waals surface area (Å²) in [6.45, 7) is 14.2. The summed E-state index contributed by atoms with van der Waals surface area (Å²) >= 11 is 0. The molecule has 0 heterocycles. The molecule has 0 amide bonds. The number of carbonyl (C=O) groups excluding carboxylic acids is 4. The molecule has 95 heavy (non-hydrogen) atoms. The first kappa shape index (κ1) is 93.1. The highest BCUT2D eigenvalue weighted by molar-refractivity contribution is 7.47. The van der Waals surface area contributed by atoms with Crippen molar-refractivity contribution in [1.29, 1.82) is 0 Å². The number of carbonyl (C=O) groups is 4. The minimum absolute atomic E-state index is 0.105. The fraction of sp³-hybridized carbons (Fsp3) is 0.947. The van der Waals surface area contributed by atoms with E-state index in [2.05, 4.69) is 55.4 Å². The van der Waals surface area contributed by atoms with Crippen molar-refractivity contribution < 1.29 is 80.2 Å². The Hall–Kier alpha value is -1.94. The lowest BCUT2D eigenvalue weighted by Crippen LogP contribution is -2.30. The Morgan fingerprint density at radius 3 is 0.747 bits per heavy atom. The molecule has 17 nitrogen and oxygen atoms in total. The Morgan fingerprint density at radius 2 is 0.505 bits per heavy atom. The molecule has 0 rings (SSSR count). The molecule has 0 fully saturated rings. The summed E-state index contributed by atoms with van der Waals surface area (Å²) in [5.74, 6) is 0.919. The SMILES string of the molecule is CCC(C)CCCCCCCCCCC(=O)O[C@H](COC(=O)CCCCCCCCCCCCCCCC(C)C)COP(=O)(O)OCC(O)COP(=O)(O)OC[C@@H](COC(=O)CCCCCCCCC(C)C)OC(=O)CCCCCCCCCCCCCCCCCC(C)C. The molecule has 0 aromatic heterocycles. The van der Waals surface area contributed by atoms with Crippen molar-refractivity contribution in [2.75, 3.05) is 39.6 Å². The van der Waals surface area contributed by atoms with Crippen molar-refractivity contribution in [2.24, 2.45) is 23.7 Å². The summed E-state index contributed by atoms with van der Waals surface area (Å²) in [5.41, 5.74) is 0. The number of unbranched alkanes of at least 4 members (excludes halogenated alkanes) is 38. The lowest BCUT2D eigenvalue weighted by atomic mass is 9.99. The topological polar surface area (TPSA) is 237 Å². The summed E-state index contributed by atoms with van der Waals surface area (Å²) in [7, 11) is -9.91. The molecule has 3 N–H and O–H groups in total. The van der Waals surface area contributed by atoms with Crippen molar-refractivity contribution in [2.45, 2.75) is 401 Å². The highest BCUT2D eigenvalue weighted by Crippen LogP contribution is 2.45. The third-order valence-electron chi connectivity index (χ3n) is 17.9. The number of phosphoric ester groups is 2. The average molecular weight is 1400 g/mol. The molecule has 0 aliphatic heterocycles. The van der Waals surface area contributed by atoms with Gasteiger partial charge >= 0.3 is 39.5 Å². The number of aliphatic hydroxyl groups is 1. The Labute approximate surface area is 581 Å². The molecule has 0 radical (unpaired) electrons. The summed E-state index contributed by atoms with van der Waals surface area (Å²) in [5, 5.41) is 10.6. The quantitative estimate of drug-likeness (QED) is 0.0222. The smallest absolute Gasteiger partial charge is 0.462 e. The van der Waals surface area contributed by atoms with Gasteiger partial charge in [-0.3, -0.25) is 37.3 Å². The first-order valence-electron chi connectivity index (χ1n) is 39.2. The Kier molecular flexibility index (Phi) is 64.0. The van der Waals surface area contributed by atoms with Crippen LogP contribution in [0.15, 0.2) is 0 Å². The van der Waals surface area contributed by atoms with Gasteiger partial charge in [0, 0.05) is 25.7 Å². The molecular weight excluding hydrogens is 1250 g/mol. The van der Waals surface area contributed by atoms with Gasteiger partial charge in [0.2, 0.25) is 0 Å². The van der Waals surface area contributed by atoms with E-state index in [1.54, 1.807) is 0 Å². The molecule has 0 aliphatic carbocycles. The predicted octanol–water partition coefficient (Wildman–Crippen LogP) is 22.0.